The SMILES string of the molecule is Cc1ccsc1CN1C[C@@H]2COC[C@]2(COCC(=O)N(C)C)C1. The number of carbonyl (C=O) groups excluding carboxylic acids is 1. The van der Waals surface area contributed by atoms with E-state index >= 15 is 0 Å². The van der Waals surface area contributed by atoms with Crippen LogP contribution in [0.1, 0.15) is 10.4 Å². The third-order valence-corrected chi connectivity index (χ3v) is 6.05. The van der Waals surface area contributed by atoms with E-state index in [1.54, 1.807) is 19.0 Å². The van der Waals surface area contributed by atoms with E-state index in [0.717, 1.165) is 32.8 Å². The van der Waals surface area contributed by atoms with Crippen LogP contribution in [-0.4, -0.2) is 69.3 Å². The van der Waals surface area contributed by atoms with Crippen LogP contribution >= 0.6 is 11.3 Å². The Morgan fingerprint density at radius 1 is 1.57 bits per heavy atom. The maximum atomic E-state index is 11.7. The summed E-state index contributed by atoms with van der Waals surface area (Å²) in [6.07, 6.45) is 0. The van der Waals surface area contributed by atoms with E-state index in [1.165, 1.54) is 10.4 Å². The van der Waals surface area contributed by atoms with Gasteiger partial charge in [-0.15, -0.1) is 11.3 Å². The molecule has 0 radical (unpaired) electrons. The van der Waals surface area contributed by atoms with E-state index in [2.05, 4.69) is 23.3 Å². The summed E-state index contributed by atoms with van der Waals surface area (Å²) < 4.78 is 11.5. The van der Waals surface area contributed by atoms with Crippen LogP contribution < -0.4 is 0 Å². The largest absolute Gasteiger partial charge is 0.380 e. The van der Waals surface area contributed by atoms with Crippen LogP contribution in [0.4, 0.5) is 0 Å². The van der Waals surface area contributed by atoms with Gasteiger partial charge in [-0.25, -0.2) is 0 Å². The lowest BCUT2D eigenvalue weighted by Gasteiger charge is -2.27. The van der Waals surface area contributed by atoms with Gasteiger partial charge in [0.2, 0.25) is 5.91 Å². The fourth-order valence-corrected chi connectivity index (χ4v) is 4.45. The summed E-state index contributed by atoms with van der Waals surface area (Å²) in [5.74, 6) is 0.526. The first kappa shape index (κ1) is 16.9. The van der Waals surface area contributed by atoms with Crippen LogP contribution in [-0.2, 0) is 20.8 Å². The highest BCUT2D eigenvalue weighted by Gasteiger charge is 2.50. The first-order valence-corrected chi connectivity index (χ1v) is 8.99. The van der Waals surface area contributed by atoms with Gasteiger partial charge in [-0.3, -0.25) is 9.69 Å². The molecule has 23 heavy (non-hydrogen) atoms. The summed E-state index contributed by atoms with van der Waals surface area (Å²) in [5.41, 5.74) is 1.43. The molecule has 3 heterocycles. The number of aryl methyl sites for hydroxylation is 1. The molecule has 1 aromatic rings. The van der Waals surface area contributed by atoms with Gasteiger partial charge in [0.05, 0.1) is 19.8 Å². The number of nitrogens with zero attached hydrogens (tertiary/aromatic N) is 2. The van der Waals surface area contributed by atoms with Gasteiger partial charge in [0.25, 0.3) is 0 Å². The number of hydrogen-bond donors (Lipinski definition) is 0. The minimum atomic E-state index is 0.0147. The molecule has 6 heteroatoms. The molecule has 2 aliphatic heterocycles. The van der Waals surface area contributed by atoms with Gasteiger partial charge in [0, 0.05) is 49.9 Å². The van der Waals surface area contributed by atoms with E-state index < -0.39 is 0 Å². The van der Waals surface area contributed by atoms with Crippen molar-refractivity contribution in [3.8, 4) is 0 Å². The Kier molecular flexibility index (Phi) is 5.06. The molecule has 0 spiro atoms. The number of fused-ring (bicyclic) bond motifs is 1. The molecule has 0 N–H and O–H groups in total. The Morgan fingerprint density at radius 2 is 2.39 bits per heavy atom. The van der Waals surface area contributed by atoms with Crippen LogP contribution in [0.3, 0.4) is 0 Å². The molecule has 1 aromatic heterocycles. The number of rotatable bonds is 6. The van der Waals surface area contributed by atoms with Crippen molar-refractivity contribution in [2.75, 3.05) is 53.6 Å². The van der Waals surface area contributed by atoms with E-state index in [9.17, 15) is 4.79 Å². The average Bonchev–Trinajstić information content (AvgIpc) is 3.14. The molecule has 3 rings (SSSR count). The summed E-state index contributed by atoms with van der Waals surface area (Å²) in [7, 11) is 3.51. The minimum absolute atomic E-state index is 0.0147. The molecule has 0 unspecified atom stereocenters. The molecule has 0 aliphatic carbocycles. The summed E-state index contributed by atoms with van der Waals surface area (Å²) >= 11 is 1.83. The number of hydrogen-bond acceptors (Lipinski definition) is 5. The van der Waals surface area contributed by atoms with Crippen LogP contribution in [0.15, 0.2) is 11.4 Å². The quantitative estimate of drug-likeness (QED) is 0.790. The molecule has 2 fully saturated rings. The Labute approximate surface area is 142 Å². The number of likely N-dealkylation sites (tertiary alicyclic amines) is 1. The molecule has 2 saturated heterocycles. The van der Waals surface area contributed by atoms with E-state index in [0.29, 0.717) is 12.5 Å². The summed E-state index contributed by atoms with van der Waals surface area (Å²) in [4.78, 5) is 17.2. The molecular weight excluding hydrogens is 312 g/mol. The fraction of sp³-hybridized carbons (Fsp3) is 0.706. The molecule has 5 nitrogen and oxygen atoms in total. The van der Waals surface area contributed by atoms with Gasteiger partial charge < -0.3 is 14.4 Å². The first-order chi connectivity index (χ1) is 11.0. The third kappa shape index (κ3) is 3.60. The maximum Gasteiger partial charge on any atom is 0.248 e. The summed E-state index contributed by atoms with van der Waals surface area (Å²) in [5, 5.41) is 2.16. The zero-order chi connectivity index (χ0) is 16.4. The normalized spacial score (nSPS) is 27.3. The van der Waals surface area contributed by atoms with Crippen LogP contribution in [0, 0.1) is 18.3 Å². The number of carbonyl (C=O) groups is 1. The van der Waals surface area contributed by atoms with Gasteiger partial charge >= 0.3 is 0 Å². The molecule has 1 amide bonds. The van der Waals surface area contributed by atoms with Crippen LogP contribution in [0.2, 0.25) is 0 Å². The van der Waals surface area contributed by atoms with E-state index in [4.69, 9.17) is 9.47 Å². The van der Waals surface area contributed by atoms with Crippen molar-refractivity contribution in [3.63, 3.8) is 0 Å². The Bertz CT molecular complexity index is 560. The Morgan fingerprint density at radius 3 is 3.09 bits per heavy atom. The zero-order valence-corrected chi connectivity index (χ0v) is 15.0. The average molecular weight is 338 g/mol. The van der Waals surface area contributed by atoms with Crippen molar-refractivity contribution >= 4 is 17.2 Å². The van der Waals surface area contributed by atoms with Gasteiger partial charge in [0.15, 0.2) is 0 Å². The monoisotopic (exact) mass is 338 g/mol. The molecule has 2 atom stereocenters. The summed E-state index contributed by atoms with van der Waals surface area (Å²) in [6.45, 7) is 7.56. The lowest BCUT2D eigenvalue weighted by molar-refractivity contribution is -0.135. The van der Waals surface area contributed by atoms with Crippen LogP contribution in [0.25, 0.3) is 0 Å². The van der Waals surface area contributed by atoms with E-state index in [1.807, 2.05) is 11.3 Å². The number of thiophene rings is 1. The molecule has 0 bridgehead atoms. The lowest BCUT2D eigenvalue weighted by atomic mass is 9.82. The van der Waals surface area contributed by atoms with Crippen molar-refractivity contribution in [3.05, 3.63) is 21.9 Å². The number of likely N-dealkylation sites (N-methyl/N-ethyl adjacent to an activating group) is 1. The zero-order valence-electron chi connectivity index (χ0n) is 14.2. The lowest BCUT2D eigenvalue weighted by Crippen LogP contribution is -2.37. The second kappa shape index (κ2) is 6.89. The van der Waals surface area contributed by atoms with Crippen molar-refractivity contribution in [1.82, 2.24) is 9.80 Å². The smallest absolute Gasteiger partial charge is 0.248 e. The molecule has 128 valence electrons. The van der Waals surface area contributed by atoms with E-state index in [-0.39, 0.29) is 17.9 Å². The highest BCUT2D eigenvalue weighted by molar-refractivity contribution is 7.10. The predicted octanol–water partition coefficient (Wildman–Crippen LogP) is 1.61. The molecular formula is C17H26N2O3S. The van der Waals surface area contributed by atoms with Gasteiger partial charge in [-0.05, 0) is 23.9 Å². The standard InChI is InChI=1S/C17H26N2O3S/c1-13-4-5-23-15(13)7-19-6-14-8-21-11-17(14,10-19)12-22-9-16(20)18(2)3/h4-5,14H,6-12H2,1-3H3/t14-,17+/m1/s1. The fourth-order valence-electron chi connectivity index (χ4n) is 3.51. The van der Waals surface area contributed by atoms with Crippen molar-refractivity contribution in [1.29, 1.82) is 0 Å². The highest BCUT2D eigenvalue weighted by Crippen LogP contribution is 2.42. The summed E-state index contributed by atoms with van der Waals surface area (Å²) in [6, 6.07) is 2.19. The topological polar surface area (TPSA) is 42.0 Å². The molecule has 2 aliphatic rings. The van der Waals surface area contributed by atoms with Crippen LogP contribution in [0.5, 0.6) is 0 Å². The maximum absolute atomic E-state index is 11.7. The van der Waals surface area contributed by atoms with Gasteiger partial charge in [0.1, 0.15) is 6.61 Å². The van der Waals surface area contributed by atoms with Gasteiger partial charge in [-0.2, -0.15) is 0 Å². The first-order valence-electron chi connectivity index (χ1n) is 8.11. The minimum Gasteiger partial charge on any atom is -0.380 e. The third-order valence-electron chi connectivity index (χ3n) is 5.04. The Balaban J connectivity index is 1.57. The number of ether oxygens (including phenoxy) is 2. The van der Waals surface area contributed by atoms with Gasteiger partial charge in [-0.1, -0.05) is 0 Å². The Hall–Kier alpha value is -0.950. The predicted molar refractivity (Wildman–Crippen MR) is 90.6 cm³/mol. The number of amides is 1. The molecule has 0 aromatic carbocycles. The molecule has 0 saturated carbocycles. The second-order valence-electron chi connectivity index (χ2n) is 7.05. The highest BCUT2D eigenvalue weighted by atomic mass is 32.1. The van der Waals surface area contributed by atoms with Crippen molar-refractivity contribution < 1.29 is 14.3 Å². The van der Waals surface area contributed by atoms with Crippen molar-refractivity contribution in [2.24, 2.45) is 11.3 Å². The second-order valence-corrected chi connectivity index (χ2v) is 8.05. The van der Waals surface area contributed by atoms with Crippen molar-refractivity contribution in [2.45, 2.75) is 13.5 Å².